The molecule has 0 aliphatic carbocycles. The van der Waals surface area contributed by atoms with Gasteiger partial charge in [0.15, 0.2) is 6.29 Å². The highest BCUT2D eigenvalue weighted by molar-refractivity contribution is 5.76. The van der Waals surface area contributed by atoms with Crippen molar-refractivity contribution < 1.29 is 49.3 Å². The van der Waals surface area contributed by atoms with Crippen LogP contribution in [-0.4, -0.2) is 100 Å². The number of aliphatic hydroxyl groups is 5. The Kier molecular flexibility index (Phi) is 74.2. The van der Waals surface area contributed by atoms with E-state index in [-0.39, 0.29) is 18.5 Å². The standard InChI is InChI=1S/C88H169NO10/c1-3-5-7-9-11-13-15-17-18-19-41-45-48-52-56-60-64-68-72-76-84(93)97-77-73-69-65-61-57-53-49-46-43-40-38-36-34-32-30-28-26-24-22-20-21-23-25-27-29-31-33-35-37-39-42-44-47-51-55-59-63-67-71-75-83(92)89-80(79-98-88-87(96)86(95)85(94)82(78-90)99-88)81(91)74-70-66-62-58-54-50-16-14-12-10-8-6-4-2/h54,58,70,74,80-82,85-88,90-91,94-96H,3-53,55-57,59-69,71-73,75-79H2,1-2H3,(H,89,92)/b58-54+,74-70+. The maximum atomic E-state index is 13.1. The Morgan fingerprint density at radius 1 is 0.364 bits per heavy atom. The van der Waals surface area contributed by atoms with E-state index in [0.29, 0.717) is 19.4 Å². The van der Waals surface area contributed by atoms with E-state index in [1.165, 1.54) is 385 Å². The first-order chi connectivity index (χ1) is 48.7. The van der Waals surface area contributed by atoms with Gasteiger partial charge in [0.1, 0.15) is 24.4 Å². The Bertz CT molecular complexity index is 1690. The van der Waals surface area contributed by atoms with Crippen LogP contribution in [0.15, 0.2) is 24.3 Å². The summed E-state index contributed by atoms with van der Waals surface area (Å²) < 4.78 is 16.8. The van der Waals surface area contributed by atoms with Crippen molar-refractivity contribution in [2.75, 3.05) is 19.8 Å². The van der Waals surface area contributed by atoms with Crippen LogP contribution in [-0.2, 0) is 23.8 Å². The van der Waals surface area contributed by atoms with Crippen LogP contribution in [0.4, 0.5) is 0 Å². The molecule has 1 rings (SSSR count). The molecule has 99 heavy (non-hydrogen) atoms. The Hall–Kier alpha value is -1.86. The maximum Gasteiger partial charge on any atom is 0.305 e. The van der Waals surface area contributed by atoms with Crippen molar-refractivity contribution in [1.29, 1.82) is 0 Å². The third-order valence-electron chi connectivity index (χ3n) is 21.3. The lowest BCUT2D eigenvalue weighted by molar-refractivity contribution is -0.302. The van der Waals surface area contributed by atoms with Crippen LogP contribution in [0.5, 0.6) is 0 Å². The number of allylic oxidation sites excluding steroid dienone is 3. The molecule has 1 fully saturated rings. The van der Waals surface area contributed by atoms with Gasteiger partial charge < -0.3 is 45.1 Å². The van der Waals surface area contributed by atoms with Crippen molar-refractivity contribution in [2.24, 2.45) is 0 Å². The Labute approximate surface area is 613 Å². The number of unbranched alkanes of at least 4 members (excludes halogenated alkanes) is 64. The fourth-order valence-corrected chi connectivity index (χ4v) is 14.5. The average molecular weight is 1400 g/mol. The molecule has 6 N–H and O–H groups in total. The number of carbonyl (C=O) groups is 2. The van der Waals surface area contributed by atoms with Gasteiger partial charge in [0.05, 0.1) is 32.0 Å². The second-order valence-electron chi connectivity index (χ2n) is 31.0. The molecule has 0 aromatic rings. The zero-order valence-electron chi connectivity index (χ0n) is 65.7. The van der Waals surface area contributed by atoms with E-state index in [0.717, 1.165) is 51.4 Å². The first kappa shape index (κ1) is 95.2. The van der Waals surface area contributed by atoms with Gasteiger partial charge in [-0.1, -0.05) is 430 Å². The number of aliphatic hydroxyl groups excluding tert-OH is 5. The van der Waals surface area contributed by atoms with Crippen molar-refractivity contribution in [1.82, 2.24) is 5.32 Å². The van der Waals surface area contributed by atoms with Gasteiger partial charge in [-0.2, -0.15) is 0 Å². The third kappa shape index (κ3) is 65.4. The highest BCUT2D eigenvalue weighted by Crippen LogP contribution is 2.24. The number of esters is 1. The fraction of sp³-hybridized carbons (Fsp3) is 0.932. The quantitative estimate of drug-likeness (QED) is 0.0195. The minimum atomic E-state index is -1.57. The van der Waals surface area contributed by atoms with Crippen molar-refractivity contribution in [3.8, 4) is 0 Å². The molecule has 0 spiro atoms. The smallest absolute Gasteiger partial charge is 0.305 e. The largest absolute Gasteiger partial charge is 0.466 e. The van der Waals surface area contributed by atoms with E-state index in [9.17, 15) is 35.1 Å². The van der Waals surface area contributed by atoms with Crippen molar-refractivity contribution in [3.63, 3.8) is 0 Å². The molecular formula is C88H169NO10. The summed E-state index contributed by atoms with van der Waals surface area (Å²) in [6.45, 7) is 4.40. The van der Waals surface area contributed by atoms with Crippen LogP contribution in [0.25, 0.3) is 0 Å². The zero-order valence-corrected chi connectivity index (χ0v) is 65.7. The van der Waals surface area contributed by atoms with Crippen LogP contribution in [0.1, 0.15) is 463 Å². The Morgan fingerprint density at radius 2 is 0.657 bits per heavy atom. The summed E-state index contributed by atoms with van der Waals surface area (Å²) in [5, 5.41) is 54.6. The van der Waals surface area contributed by atoms with Crippen molar-refractivity contribution >= 4 is 11.9 Å². The molecular weight excluding hydrogens is 1230 g/mol. The monoisotopic (exact) mass is 1400 g/mol. The molecule has 1 aliphatic rings. The lowest BCUT2D eigenvalue weighted by atomic mass is 9.99. The van der Waals surface area contributed by atoms with Crippen molar-refractivity contribution in [3.05, 3.63) is 24.3 Å². The van der Waals surface area contributed by atoms with Crippen LogP contribution in [0.2, 0.25) is 0 Å². The average Bonchev–Trinajstić information content (AvgIpc) is 0.834. The molecule has 586 valence electrons. The lowest BCUT2D eigenvalue weighted by Crippen LogP contribution is -2.60. The second kappa shape index (κ2) is 77.2. The van der Waals surface area contributed by atoms with Gasteiger partial charge in [-0.05, 0) is 44.9 Å². The molecule has 0 aromatic carbocycles. The van der Waals surface area contributed by atoms with Gasteiger partial charge in [-0.15, -0.1) is 0 Å². The zero-order chi connectivity index (χ0) is 71.5. The molecule has 11 nitrogen and oxygen atoms in total. The van der Waals surface area contributed by atoms with Crippen LogP contribution in [0, 0.1) is 0 Å². The predicted molar refractivity (Wildman–Crippen MR) is 421 cm³/mol. The number of carbonyl (C=O) groups excluding carboxylic acids is 2. The SMILES string of the molecule is CCCCCCCCC/C=C/CC/C=C/C(O)C(COC1OC(CO)C(O)C(O)C1O)NC(=O)CCCCCCCCCCCCCCCCCCCCCCCCCCCCCCCCCCCCCCCCCOC(=O)CCCCCCCCCCCCCCCCCCCCC. The molecule has 1 heterocycles. The maximum absolute atomic E-state index is 13.1. The second-order valence-corrected chi connectivity index (χ2v) is 31.0. The number of amides is 1. The molecule has 1 aliphatic heterocycles. The summed E-state index contributed by atoms with van der Waals surface area (Å²) >= 11 is 0. The summed E-state index contributed by atoms with van der Waals surface area (Å²) in [6, 6.07) is -0.823. The minimum Gasteiger partial charge on any atom is -0.466 e. The van der Waals surface area contributed by atoms with Gasteiger partial charge in [-0.3, -0.25) is 9.59 Å². The number of ether oxygens (including phenoxy) is 3. The lowest BCUT2D eigenvalue weighted by Gasteiger charge is -2.40. The topological polar surface area (TPSA) is 175 Å². The number of rotatable bonds is 80. The number of hydrogen-bond donors (Lipinski definition) is 6. The highest BCUT2D eigenvalue weighted by atomic mass is 16.7. The summed E-state index contributed by atoms with van der Waals surface area (Å²) in [7, 11) is 0. The van der Waals surface area contributed by atoms with Gasteiger partial charge in [-0.25, -0.2) is 0 Å². The Morgan fingerprint density at radius 3 is 1.00 bits per heavy atom. The molecule has 0 aromatic heterocycles. The van der Waals surface area contributed by atoms with Gasteiger partial charge in [0, 0.05) is 12.8 Å². The summed E-state index contributed by atoms with van der Waals surface area (Å²) in [5.74, 6) is -0.159. The van der Waals surface area contributed by atoms with E-state index >= 15 is 0 Å². The number of hydrogen-bond acceptors (Lipinski definition) is 10. The Balaban J connectivity index is 1.84. The fourth-order valence-electron chi connectivity index (χ4n) is 14.5. The molecule has 0 radical (unpaired) electrons. The van der Waals surface area contributed by atoms with Crippen LogP contribution >= 0.6 is 0 Å². The number of nitrogens with one attached hydrogen (secondary N) is 1. The normalized spacial score (nSPS) is 17.2. The summed E-state index contributed by atoms with van der Waals surface area (Å²) in [6.07, 6.45) is 91.1. The molecule has 7 unspecified atom stereocenters. The first-order valence-electron chi connectivity index (χ1n) is 44.1. The van der Waals surface area contributed by atoms with Gasteiger partial charge >= 0.3 is 5.97 Å². The van der Waals surface area contributed by atoms with E-state index < -0.39 is 49.5 Å². The predicted octanol–water partition coefficient (Wildman–Crippen LogP) is 24.7. The van der Waals surface area contributed by atoms with Gasteiger partial charge in [0.25, 0.3) is 0 Å². The molecule has 7 atom stereocenters. The minimum absolute atomic E-state index is 0.0243. The molecule has 1 saturated heterocycles. The molecule has 0 saturated carbocycles. The van der Waals surface area contributed by atoms with E-state index in [1.54, 1.807) is 6.08 Å². The van der Waals surface area contributed by atoms with E-state index in [2.05, 4.69) is 31.3 Å². The molecule has 11 heteroatoms. The van der Waals surface area contributed by atoms with E-state index in [1.807, 2.05) is 6.08 Å². The summed E-state index contributed by atoms with van der Waals surface area (Å²) in [4.78, 5) is 25.2. The van der Waals surface area contributed by atoms with Crippen molar-refractivity contribution in [2.45, 2.75) is 506 Å². The first-order valence-corrected chi connectivity index (χ1v) is 44.1. The summed E-state index contributed by atoms with van der Waals surface area (Å²) in [5.41, 5.74) is 0. The van der Waals surface area contributed by atoms with Crippen LogP contribution < -0.4 is 5.32 Å². The van der Waals surface area contributed by atoms with Crippen LogP contribution in [0.3, 0.4) is 0 Å². The van der Waals surface area contributed by atoms with Gasteiger partial charge in [0.2, 0.25) is 5.91 Å². The molecule has 1 amide bonds. The van der Waals surface area contributed by atoms with E-state index in [4.69, 9.17) is 14.2 Å². The third-order valence-corrected chi connectivity index (χ3v) is 21.3. The highest BCUT2D eigenvalue weighted by Gasteiger charge is 2.44. The molecule has 0 bridgehead atoms.